The first-order chi connectivity index (χ1) is 9.54. The number of primary amides is 1. The molecule has 7 heteroatoms. The lowest BCUT2D eigenvalue weighted by Gasteiger charge is -2.10. The molecule has 4 N–H and O–H groups in total. The van der Waals surface area contributed by atoms with Gasteiger partial charge < -0.3 is 16.4 Å². The van der Waals surface area contributed by atoms with E-state index in [1.54, 1.807) is 0 Å². The summed E-state index contributed by atoms with van der Waals surface area (Å²) in [5.41, 5.74) is 5.18. The lowest BCUT2D eigenvalue weighted by atomic mass is 10.2. The van der Waals surface area contributed by atoms with Gasteiger partial charge in [-0.15, -0.1) is 0 Å². The van der Waals surface area contributed by atoms with Crippen molar-refractivity contribution in [2.75, 3.05) is 18.4 Å². The Bertz CT molecular complexity index is 479. The number of hydrogen-bond acceptors (Lipinski definition) is 4. The van der Waals surface area contributed by atoms with Crippen molar-refractivity contribution < 1.29 is 14.0 Å². The average molecular weight is 282 g/mol. The second kappa shape index (κ2) is 8.08. The summed E-state index contributed by atoms with van der Waals surface area (Å²) in [5.74, 6) is -0.971. The van der Waals surface area contributed by atoms with Crippen molar-refractivity contribution in [1.29, 1.82) is 0 Å². The van der Waals surface area contributed by atoms with Gasteiger partial charge in [0, 0.05) is 19.5 Å². The Morgan fingerprint density at radius 3 is 2.80 bits per heavy atom. The number of amides is 2. The van der Waals surface area contributed by atoms with E-state index in [2.05, 4.69) is 15.6 Å². The number of carbonyl (C=O) groups is 2. The van der Waals surface area contributed by atoms with Crippen molar-refractivity contribution in [3.05, 3.63) is 23.6 Å². The highest BCUT2D eigenvalue weighted by molar-refractivity contribution is 5.98. The van der Waals surface area contributed by atoms with Gasteiger partial charge in [-0.1, -0.05) is 0 Å². The van der Waals surface area contributed by atoms with E-state index in [-0.39, 0.29) is 11.5 Å². The highest BCUT2D eigenvalue weighted by Crippen LogP contribution is 2.13. The van der Waals surface area contributed by atoms with Crippen LogP contribution in [0.25, 0.3) is 0 Å². The van der Waals surface area contributed by atoms with Crippen LogP contribution in [0.3, 0.4) is 0 Å². The van der Waals surface area contributed by atoms with E-state index in [0.29, 0.717) is 38.2 Å². The molecule has 1 heterocycles. The zero-order valence-electron chi connectivity index (χ0n) is 11.4. The third kappa shape index (κ3) is 5.21. The van der Waals surface area contributed by atoms with Gasteiger partial charge in [-0.2, -0.15) is 0 Å². The van der Waals surface area contributed by atoms with Crippen LogP contribution in [0.1, 0.15) is 36.5 Å². The fourth-order valence-corrected chi connectivity index (χ4v) is 1.64. The van der Waals surface area contributed by atoms with Gasteiger partial charge in [-0.3, -0.25) is 9.59 Å². The van der Waals surface area contributed by atoms with Crippen molar-refractivity contribution in [2.45, 2.75) is 26.2 Å². The first-order valence-corrected chi connectivity index (χ1v) is 6.50. The Hall–Kier alpha value is -2.18. The summed E-state index contributed by atoms with van der Waals surface area (Å²) in [6.07, 6.45) is 2.59. The molecule has 20 heavy (non-hydrogen) atoms. The molecule has 0 bridgehead atoms. The number of carbonyl (C=O) groups excluding carboxylic acids is 2. The zero-order chi connectivity index (χ0) is 15.0. The monoisotopic (exact) mass is 282 g/mol. The van der Waals surface area contributed by atoms with Crippen LogP contribution in [0.15, 0.2) is 12.3 Å². The molecule has 0 aliphatic heterocycles. The number of unbranched alkanes of at least 4 members (excludes halogenated alkanes) is 1. The minimum Gasteiger partial charge on any atom is -0.370 e. The lowest BCUT2D eigenvalue weighted by Crippen LogP contribution is -2.26. The molecule has 0 unspecified atom stereocenters. The molecule has 0 fully saturated rings. The zero-order valence-corrected chi connectivity index (χ0v) is 11.4. The summed E-state index contributed by atoms with van der Waals surface area (Å²) in [6.45, 7) is 2.84. The van der Waals surface area contributed by atoms with Crippen LogP contribution >= 0.6 is 0 Å². The molecule has 1 rings (SSSR count). The van der Waals surface area contributed by atoms with Crippen molar-refractivity contribution in [3.8, 4) is 0 Å². The lowest BCUT2D eigenvalue weighted by molar-refractivity contribution is -0.118. The first kappa shape index (κ1) is 15.9. The Labute approximate surface area is 116 Å². The summed E-state index contributed by atoms with van der Waals surface area (Å²) in [6, 6.07) is 1.14. The first-order valence-electron chi connectivity index (χ1n) is 6.50. The van der Waals surface area contributed by atoms with Gasteiger partial charge in [0.15, 0.2) is 0 Å². The summed E-state index contributed by atoms with van der Waals surface area (Å²) < 4.78 is 13.2. The molecule has 0 spiro atoms. The van der Waals surface area contributed by atoms with Crippen molar-refractivity contribution >= 4 is 17.6 Å². The van der Waals surface area contributed by atoms with Crippen LogP contribution in [0.5, 0.6) is 0 Å². The fourth-order valence-electron chi connectivity index (χ4n) is 1.64. The van der Waals surface area contributed by atoms with Gasteiger partial charge in [0.25, 0.3) is 5.91 Å². The third-order valence-corrected chi connectivity index (χ3v) is 2.58. The van der Waals surface area contributed by atoms with E-state index < -0.39 is 11.7 Å². The van der Waals surface area contributed by atoms with E-state index >= 15 is 0 Å². The molecule has 0 aliphatic carbocycles. The molecule has 0 aliphatic rings. The van der Waals surface area contributed by atoms with Crippen LogP contribution in [-0.2, 0) is 4.79 Å². The van der Waals surface area contributed by atoms with E-state index in [4.69, 9.17) is 5.73 Å². The van der Waals surface area contributed by atoms with Gasteiger partial charge in [-0.25, -0.2) is 9.37 Å². The van der Waals surface area contributed by atoms with E-state index in [0.717, 1.165) is 12.3 Å². The number of nitrogens with two attached hydrogens (primary N) is 1. The maximum absolute atomic E-state index is 13.2. The second-order valence-electron chi connectivity index (χ2n) is 4.26. The molecule has 0 saturated carbocycles. The standard InChI is InChI=1S/C13H19FN4O2/c1-2-16-12-10(7-9(14)8-18-12)13(20)17-6-4-3-5-11(15)19/h7-8H,2-6H2,1H3,(H2,15,19)(H,16,18)(H,17,20). The van der Waals surface area contributed by atoms with Crippen LogP contribution in [-0.4, -0.2) is 29.9 Å². The molecule has 0 radical (unpaired) electrons. The molecule has 0 atom stereocenters. The topological polar surface area (TPSA) is 97.1 Å². The van der Waals surface area contributed by atoms with Crippen LogP contribution in [0.4, 0.5) is 10.2 Å². The van der Waals surface area contributed by atoms with Gasteiger partial charge in [0.2, 0.25) is 5.91 Å². The molecule has 110 valence electrons. The van der Waals surface area contributed by atoms with Crippen molar-refractivity contribution in [1.82, 2.24) is 10.3 Å². The molecule has 2 amide bonds. The predicted octanol–water partition coefficient (Wildman–Crippen LogP) is 1.04. The number of halogens is 1. The summed E-state index contributed by atoms with van der Waals surface area (Å²) in [4.78, 5) is 26.3. The number of aromatic nitrogens is 1. The summed E-state index contributed by atoms with van der Waals surface area (Å²) >= 11 is 0. The van der Waals surface area contributed by atoms with Crippen molar-refractivity contribution in [2.24, 2.45) is 5.73 Å². The van der Waals surface area contributed by atoms with Gasteiger partial charge in [0.1, 0.15) is 11.6 Å². The van der Waals surface area contributed by atoms with Crippen molar-refractivity contribution in [3.63, 3.8) is 0 Å². The fraction of sp³-hybridized carbons (Fsp3) is 0.462. The van der Waals surface area contributed by atoms with E-state index in [1.165, 1.54) is 0 Å². The van der Waals surface area contributed by atoms with Crippen LogP contribution in [0.2, 0.25) is 0 Å². The molecule has 0 saturated heterocycles. The van der Waals surface area contributed by atoms with Gasteiger partial charge in [0.05, 0.1) is 11.8 Å². The number of nitrogens with one attached hydrogen (secondary N) is 2. The Kier molecular flexibility index (Phi) is 6.42. The number of rotatable bonds is 8. The normalized spacial score (nSPS) is 10.1. The third-order valence-electron chi connectivity index (χ3n) is 2.58. The molecule has 1 aromatic heterocycles. The molecular weight excluding hydrogens is 263 g/mol. The Morgan fingerprint density at radius 2 is 2.15 bits per heavy atom. The Morgan fingerprint density at radius 1 is 1.40 bits per heavy atom. The smallest absolute Gasteiger partial charge is 0.255 e. The summed E-state index contributed by atoms with van der Waals surface area (Å²) in [5, 5.41) is 5.56. The maximum atomic E-state index is 13.2. The number of nitrogens with zero attached hydrogens (tertiary/aromatic N) is 1. The predicted molar refractivity (Wildman–Crippen MR) is 73.7 cm³/mol. The number of hydrogen-bond donors (Lipinski definition) is 3. The van der Waals surface area contributed by atoms with E-state index in [1.807, 2.05) is 6.92 Å². The second-order valence-corrected chi connectivity index (χ2v) is 4.26. The quantitative estimate of drug-likeness (QED) is 0.620. The van der Waals surface area contributed by atoms with Crippen LogP contribution < -0.4 is 16.4 Å². The average Bonchev–Trinajstić information content (AvgIpc) is 2.40. The van der Waals surface area contributed by atoms with Crippen LogP contribution in [0, 0.1) is 5.82 Å². The highest BCUT2D eigenvalue weighted by Gasteiger charge is 2.13. The molecule has 0 aromatic carbocycles. The highest BCUT2D eigenvalue weighted by atomic mass is 19.1. The molecule has 6 nitrogen and oxygen atoms in total. The maximum Gasteiger partial charge on any atom is 0.255 e. The Balaban J connectivity index is 2.53. The molecular formula is C13H19FN4O2. The number of anilines is 1. The van der Waals surface area contributed by atoms with Gasteiger partial charge in [-0.05, 0) is 25.8 Å². The SMILES string of the molecule is CCNc1ncc(F)cc1C(=O)NCCCCC(N)=O. The molecule has 1 aromatic rings. The largest absolute Gasteiger partial charge is 0.370 e. The minimum atomic E-state index is -0.564. The van der Waals surface area contributed by atoms with E-state index in [9.17, 15) is 14.0 Å². The minimum absolute atomic E-state index is 0.168. The number of pyridine rings is 1. The van der Waals surface area contributed by atoms with Gasteiger partial charge >= 0.3 is 0 Å². The summed E-state index contributed by atoms with van der Waals surface area (Å²) in [7, 11) is 0.